The van der Waals surface area contributed by atoms with E-state index in [0.717, 1.165) is 0 Å². The Balaban J connectivity index is 2.16. The van der Waals surface area contributed by atoms with Gasteiger partial charge in [-0.2, -0.15) is 0 Å². The van der Waals surface area contributed by atoms with Gasteiger partial charge in [0.1, 0.15) is 42.7 Å². The molecule has 0 aromatic rings. The van der Waals surface area contributed by atoms with E-state index >= 15 is 0 Å². The van der Waals surface area contributed by atoms with E-state index in [0.29, 0.717) is 0 Å². The van der Waals surface area contributed by atoms with Gasteiger partial charge < -0.3 is 59.8 Å². The highest BCUT2D eigenvalue weighted by atomic mass is 16.8. The molecule has 0 aromatic carbocycles. The van der Waals surface area contributed by atoms with Crippen LogP contribution in [0.3, 0.4) is 0 Å². The average molecular weight is 386 g/mol. The van der Waals surface area contributed by atoms with Crippen molar-refractivity contribution in [2.75, 3.05) is 19.8 Å². The number of hydrogen-bond donors (Lipinski definition) is 8. The first-order chi connectivity index (χ1) is 12.2. The zero-order valence-corrected chi connectivity index (χ0v) is 14.0. The Bertz CT molecular complexity index is 448. The van der Waals surface area contributed by atoms with Crippen LogP contribution in [0.4, 0.5) is 0 Å². The third kappa shape index (κ3) is 4.01. The molecule has 2 rings (SSSR count). The predicted molar refractivity (Wildman–Crippen MR) is 79.2 cm³/mol. The van der Waals surface area contributed by atoms with Gasteiger partial charge in [-0.3, -0.25) is 0 Å². The molecule has 0 aromatic heterocycles. The van der Waals surface area contributed by atoms with Crippen molar-refractivity contribution in [3.05, 3.63) is 0 Å². The number of ether oxygens (including phenoxy) is 4. The Morgan fingerprint density at radius 2 is 1.50 bits per heavy atom. The molecule has 0 amide bonds. The van der Waals surface area contributed by atoms with Crippen LogP contribution in [0.25, 0.3) is 0 Å². The molecule has 0 radical (unpaired) electrons. The summed E-state index contributed by atoms with van der Waals surface area (Å²) in [4.78, 5) is 0. The van der Waals surface area contributed by atoms with Crippen LogP contribution in [0.2, 0.25) is 0 Å². The van der Waals surface area contributed by atoms with Gasteiger partial charge in [0.2, 0.25) is 0 Å². The first-order valence-electron chi connectivity index (χ1n) is 8.17. The second-order valence-electron chi connectivity index (χ2n) is 6.14. The Morgan fingerprint density at radius 3 is 2.04 bits per heavy atom. The molecule has 2 aliphatic rings. The monoisotopic (exact) mass is 386 g/mol. The van der Waals surface area contributed by atoms with Crippen LogP contribution in [0.1, 0.15) is 6.92 Å². The fourth-order valence-corrected chi connectivity index (χ4v) is 2.94. The minimum Gasteiger partial charge on any atom is -0.394 e. The second-order valence-corrected chi connectivity index (χ2v) is 6.14. The smallest absolute Gasteiger partial charge is 0.311 e. The third-order valence-electron chi connectivity index (χ3n) is 4.39. The highest BCUT2D eigenvalue weighted by Gasteiger charge is 2.56. The van der Waals surface area contributed by atoms with E-state index in [1.54, 1.807) is 0 Å². The Hall–Kier alpha value is -0.480. The zero-order valence-electron chi connectivity index (χ0n) is 14.0. The fourth-order valence-electron chi connectivity index (χ4n) is 2.94. The molecule has 0 saturated carbocycles. The molecule has 12 heteroatoms. The van der Waals surface area contributed by atoms with E-state index in [1.165, 1.54) is 6.92 Å². The third-order valence-corrected chi connectivity index (χ3v) is 4.39. The average Bonchev–Trinajstić information content (AvgIpc) is 2.62. The molecule has 0 aliphatic carbocycles. The second kappa shape index (κ2) is 8.68. The van der Waals surface area contributed by atoms with Crippen LogP contribution in [0, 0.1) is 0 Å². The minimum absolute atomic E-state index is 0.0728. The van der Waals surface area contributed by atoms with Crippen molar-refractivity contribution in [3.8, 4) is 0 Å². The summed E-state index contributed by atoms with van der Waals surface area (Å²) in [6, 6.07) is 0. The highest BCUT2D eigenvalue weighted by molar-refractivity contribution is 4.95. The molecule has 2 fully saturated rings. The maximum atomic E-state index is 10.3. The molecule has 2 aliphatic heterocycles. The largest absolute Gasteiger partial charge is 0.394 e. The molecule has 154 valence electrons. The normalized spacial score (nSPS) is 50.0. The topological polar surface area (TPSA) is 199 Å². The van der Waals surface area contributed by atoms with Gasteiger partial charge in [-0.25, -0.2) is 0 Å². The van der Waals surface area contributed by atoms with Gasteiger partial charge >= 0.3 is 5.97 Å². The van der Waals surface area contributed by atoms with Crippen molar-refractivity contribution in [2.24, 2.45) is 0 Å². The maximum absolute atomic E-state index is 10.3. The number of aliphatic hydroxyl groups is 8. The van der Waals surface area contributed by atoms with Crippen LogP contribution in [0.5, 0.6) is 0 Å². The molecule has 26 heavy (non-hydrogen) atoms. The van der Waals surface area contributed by atoms with Crippen molar-refractivity contribution in [2.45, 2.75) is 68.0 Å². The molecule has 10 atom stereocenters. The van der Waals surface area contributed by atoms with Crippen LogP contribution < -0.4 is 0 Å². The zero-order chi connectivity index (χ0) is 19.6. The summed E-state index contributed by atoms with van der Waals surface area (Å²) in [6.07, 6.45) is -14.7. The minimum atomic E-state index is -2.59. The maximum Gasteiger partial charge on any atom is 0.311 e. The van der Waals surface area contributed by atoms with Gasteiger partial charge in [0.05, 0.1) is 13.2 Å². The molecule has 0 spiro atoms. The lowest BCUT2D eigenvalue weighted by Crippen LogP contribution is -2.68. The van der Waals surface area contributed by atoms with Gasteiger partial charge in [0, 0.05) is 6.61 Å². The summed E-state index contributed by atoms with van der Waals surface area (Å²) in [5, 5.41) is 78.6. The molecule has 1 unspecified atom stereocenters. The lowest BCUT2D eigenvalue weighted by molar-refractivity contribution is -0.457. The van der Waals surface area contributed by atoms with Crippen molar-refractivity contribution in [3.63, 3.8) is 0 Å². The van der Waals surface area contributed by atoms with E-state index < -0.39 is 74.3 Å². The summed E-state index contributed by atoms with van der Waals surface area (Å²) in [5.41, 5.74) is 0. The quantitative estimate of drug-likeness (QED) is 0.202. The Labute approximate surface area is 148 Å². The van der Waals surface area contributed by atoms with Gasteiger partial charge in [-0.15, -0.1) is 0 Å². The van der Waals surface area contributed by atoms with Gasteiger partial charge in [0.25, 0.3) is 0 Å². The molecule has 2 heterocycles. The number of rotatable bonds is 6. The van der Waals surface area contributed by atoms with Gasteiger partial charge in [0.15, 0.2) is 12.4 Å². The first kappa shape index (κ1) is 21.8. The first-order valence-corrected chi connectivity index (χ1v) is 8.17. The molecule has 0 bridgehead atoms. The van der Waals surface area contributed by atoms with E-state index in [-0.39, 0.29) is 6.61 Å². The molecular formula is C14H26O12. The van der Waals surface area contributed by atoms with Crippen LogP contribution in [-0.2, 0) is 18.9 Å². The molecule has 8 N–H and O–H groups in total. The standard InChI is InChI=1S/C14H26O12/c1-2-23-14(22)12(21)10(20)11(6(4-16)26-14)25-13-9(19)8(18)7(17)5(3-15)24-13/h5-13,15-22H,2-4H2,1H3/t5-,6-,7+,8+,9-,10+,11-,12-,13+,14?/m1/s1. The lowest BCUT2D eigenvalue weighted by atomic mass is 9.96. The lowest BCUT2D eigenvalue weighted by Gasteiger charge is -2.48. The van der Waals surface area contributed by atoms with Gasteiger partial charge in [-0.05, 0) is 6.92 Å². The summed E-state index contributed by atoms with van der Waals surface area (Å²) in [7, 11) is 0. The number of hydrogen-bond acceptors (Lipinski definition) is 12. The van der Waals surface area contributed by atoms with Crippen LogP contribution in [-0.4, -0.2) is 122 Å². The van der Waals surface area contributed by atoms with Gasteiger partial charge in [-0.1, -0.05) is 0 Å². The summed E-state index contributed by atoms with van der Waals surface area (Å²) in [6.45, 7) is -0.0203. The Morgan fingerprint density at radius 1 is 0.885 bits per heavy atom. The van der Waals surface area contributed by atoms with E-state index in [9.17, 15) is 40.9 Å². The molecular weight excluding hydrogens is 360 g/mol. The SMILES string of the molecule is CCOC1(O)O[C@H](CO)[C@@H](O[C@@H]2O[C@H](CO)[C@H](O)[C@H](O)[C@H]2O)[C@H](O)[C@H]1O. The van der Waals surface area contributed by atoms with E-state index in [4.69, 9.17) is 18.9 Å². The summed E-state index contributed by atoms with van der Waals surface area (Å²) >= 11 is 0. The van der Waals surface area contributed by atoms with Crippen molar-refractivity contribution in [1.82, 2.24) is 0 Å². The Kier molecular flexibility index (Phi) is 7.29. The van der Waals surface area contributed by atoms with Crippen molar-refractivity contribution < 1.29 is 59.8 Å². The van der Waals surface area contributed by atoms with Crippen LogP contribution in [0.15, 0.2) is 0 Å². The van der Waals surface area contributed by atoms with Crippen LogP contribution >= 0.6 is 0 Å². The number of aliphatic hydroxyl groups excluding tert-OH is 7. The van der Waals surface area contributed by atoms with E-state index in [1.807, 2.05) is 0 Å². The van der Waals surface area contributed by atoms with Crippen molar-refractivity contribution in [1.29, 1.82) is 0 Å². The van der Waals surface area contributed by atoms with Crippen molar-refractivity contribution >= 4 is 0 Å². The van der Waals surface area contributed by atoms with E-state index in [2.05, 4.69) is 0 Å². The highest BCUT2D eigenvalue weighted by Crippen LogP contribution is 2.33. The predicted octanol–water partition coefficient (Wildman–Crippen LogP) is -5.03. The summed E-state index contributed by atoms with van der Waals surface area (Å²) < 4.78 is 20.5. The fraction of sp³-hybridized carbons (Fsp3) is 1.00. The molecule has 12 nitrogen and oxygen atoms in total. The summed E-state index contributed by atoms with van der Waals surface area (Å²) in [5.74, 6) is -2.59. The molecule has 2 saturated heterocycles.